The molecule has 4 aromatic heterocycles. The Labute approximate surface area is 167 Å². The van der Waals surface area contributed by atoms with Gasteiger partial charge in [-0.2, -0.15) is 0 Å². The molecule has 140 valence electrons. The molecule has 2 aromatic carbocycles. The normalized spacial score (nSPS) is 10.6. The summed E-state index contributed by atoms with van der Waals surface area (Å²) >= 11 is 3.33. The van der Waals surface area contributed by atoms with Crippen LogP contribution in [0.4, 0.5) is 0 Å². The zero-order chi connectivity index (χ0) is 19.5. The van der Waals surface area contributed by atoms with Gasteiger partial charge in [-0.3, -0.25) is 18.9 Å². The average Bonchev–Trinajstić information content (AvgIpc) is 3.42. The van der Waals surface area contributed by atoms with E-state index in [2.05, 4.69) is 54.1 Å². The molecule has 0 atom stereocenters. The second-order valence-electron chi connectivity index (χ2n) is 5.75. The van der Waals surface area contributed by atoms with E-state index < -0.39 is 4.92 Å². The van der Waals surface area contributed by atoms with Gasteiger partial charge in [0.2, 0.25) is 0 Å². The van der Waals surface area contributed by atoms with Crippen LogP contribution < -0.4 is 0 Å². The van der Waals surface area contributed by atoms with Crippen molar-refractivity contribution in [2.45, 2.75) is 0 Å². The van der Waals surface area contributed by atoms with Crippen molar-refractivity contribution in [3.63, 3.8) is 0 Å². The fraction of sp³-hybridized carbons (Fsp3) is 0.0526. The Hall–Kier alpha value is -3.30. The minimum Gasteiger partial charge on any atom is -0.290 e. The number of imidazole rings is 2. The van der Waals surface area contributed by atoms with Crippen LogP contribution in [0.15, 0.2) is 71.7 Å². The molecule has 0 unspecified atom stereocenters. The highest BCUT2D eigenvalue weighted by atomic mass is 32.1. The number of aromatic nitrogens is 4. The lowest BCUT2D eigenvalue weighted by Gasteiger charge is -1.86. The van der Waals surface area contributed by atoms with Gasteiger partial charge in [0.15, 0.2) is 17.0 Å². The van der Waals surface area contributed by atoms with Gasteiger partial charge in [-0.1, -0.05) is 24.3 Å². The molecule has 7 nitrogen and oxygen atoms in total. The number of hydrogen-bond acceptors (Lipinski definition) is 6. The van der Waals surface area contributed by atoms with Crippen molar-refractivity contribution >= 4 is 54.7 Å². The van der Waals surface area contributed by atoms with Crippen molar-refractivity contribution in [2.75, 3.05) is 7.05 Å². The molecule has 0 aliphatic heterocycles. The second-order valence-corrected chi connectivity index (χ2v) is 7.50. The molecule has 6 aromatic rings. The van der Waals surface area contributed by atoms with Gasteiger partial charge in [0.25, 0.3) is 0 Å². The van der Waals surface area contributed by atoms with Gasteiger partial charge in [0.05, 0.1) is 22.1 Å². The Bertz CT molecular complexity index is 1270. The molecule has 0 spiro atoms. The summed E-state index contributed by atoms with van der Waals surface area (Å²) in [5.74, 6) is 0. The SMILES string of the molecule is C[N+](=O)[O-].c1ccc2c(c1)nc1sccn12.c1ccc2c(c1)nc1sccn12. The van der Waals surface area contributed by atoms with Gasteiger partial charge >= 0.3 is 0 Å². The standard InChI is InChI=1S/2C9H6N2S.CH3NO2/c2*1-2-4-8-7(3-1)10-9-11(8)5-6-12-9;1-2(3)4/h2*1-6H;1H3. The Kier molecular flexibility index (Phi) is 5.00. The fourth-order valence-corrected chi connectivity index (χ4v) is 4.26. The lowest BCUT2D eigenvalue weighted by molar-refractivity contribution is -0.445. The number of nitrogens with zero attached hydrogens (tertiary/aromatic N) is 5. The fourth-order valence-electron chi connectivity index (χ4n) is 2.80. The van der Waals surface area contributed by atoms with E-state index in [0.717, 1.165) is 28.0 Å². The molecule has 28 heavy (non-hydrogen) atoms. The molecule has 0 saturated carbocycles. The first-order valence-corrected chi connectivity index (χ1v) is 10.1. The average molecular weight is 409 g/mol. The maximum Gasteiger partial charge on any atom is 0.194 e. The van der Waals surface area contributed by atoms with E-state index in [4.69, 9.17) is 10.1 Å². The summed E-state index contributed by atoms with van der Waals surface area (Å²) in [4.78, 5) is 19.4. The van der Waals surface area contributed by atoms with Crippen LogP contribution >= 0.6 is 22.7 Å². The van der Waals surface area contributed by atoms with E-state index in [0.29, 0.717) is 0 Å². The Balaban J connectivity index is 0.000000116. The van der Waals surface area contributed by atoms with Gasteiger partial charge in [-0.15, -0.1) is 22.7 Å². The number of thiazole rings is 2. The van der Waals surface area contributed by atoms with E-state index in [9.17, 15) is 0 Å². The third-order valence-electron chi connectivity index (χ3n) is 3.89. The smallest absolute Gasteiger partial charge is 0.194 e. The zero-order valence-corrected chi connectivity index (χ0v) is 16.4. The van der Waals surface area contributed by atoms with Gasteiger partial charge < -0.3 is 0 Å². The Morgan fingerprint density at radius 1 is 0.821 bits per heavy atom. The van der Waals surface area contributed by atoms with Crippen molar-refractivity contribution in [3.05, 3.63) is 81.8 Å². The van der Waals surface area contributed by atoms with Crippen molar-refractivity contribution in [1.29, 1.82) is 0 Å². The number of benzene rings is 2. The summed E-state index contributed by atoms with van der Waals surface area (Å²) < 4.78 is 4.22. The van der Waals surface area contributed by atoms with E-state index in [-0.39, 0.29) is 0 Å². The van der Waals surface area contributed by atoms with Crippen LogP contribution in [0.3, 0.4) is 0 Å². The minimum absolute atomic E-state index is 0.500. The molecule has 0 amide bonds. The van der Waals surface area contributed by atoms with E-state index in [1.165, 1.54) is 11.0 Å². The van der Waals surface area contributed by atoms with Crippen LogP contribution in [0.2, 0.25) is 0 Å². The predicted octanol–water partition coefficient (Wildman–Crippen LogP) is 4.99. The van der Waals surface area contributed by atoms with Crippen molar-refractivity contribution in [3.8, 4) is 0 Å². The summed E-state index contributed by atoms with van der Waals surface area (Å²) in [6.45, 7) is 0. The van der Waals surface area contributed by atoms with Gasteiger partial charge in [-0.05, 0) is 24.3 Å². The van der Waals surface area contributed by atoms with Crippen LogP contribution in [0.1, 0.15) is 0 Å². The number of fused-ring (bicyclic) bond motifs is 6. The van der Waals surface area contributed by atoms with Crippen LogP contribution in [0.5, 0.6) is 0 Å². The second kappa shape index (κ2) is 7.75. The topological polar surface area (TPSA) is 77.7 Å². The lowest BCUT2D eigenvalue weighted by atomic mass is 10.3. The summed E-state index contributed by atoms with van der Waals surface area (Å²) in [6, 6.07) is 16.3. The molecular weight excluding hydrogens is 394 g/mol. The maximum atomic E-state index is 8.81. The minimum atomic E-state index is -0.500. The molecule has 0 fully saturated rings. The van der Waals surface area contributed by atoms with Crippen LogP contribution in [-0.4, -0.2) is 30.7 Å². The number of nitro groups is 1. The number of hydrogen-bond donors (Lipinski definition) is 0. The monoisotopic (exact) mass is 409 g/mol. The number of para-hydroxylation sites is 4. The van der Waals surface area contributed by atoms with Crippen LogP contribution in [0, 0.1) is 10.1 Å². The van der Waals surface area contributed by atoms with E-state index >= 15 is 0 Å². The molecule has 6 rings (SSSR count). The zero-order valence-electron chi connectivity index (χ0n) is 14.8. The summed E-state index contributed by atoms with van der Waals surface area (Å²) in [6.07, 6.45) is 4.10. The van der Waals surface area contributed by atoms with Crippen molar-refractivity contribution < 1.29 is 4.92 Å². The molecule has 0 saturated heterocycles. The molecule has 0 bridgehead atoms. The predicted molar refractivity (Wildman–Crippen MR) is 114 cm³/mol. The van der Waals surface area contributed by atoms with Crippen molar-refractivity contribution in [1.82, 2.24) is 18.8 Å². The summed E-state index contributed by atoms with van der Waals surface area (Å²) in [7, 11) is 0.889. The number of rotatable bonds is 0. The molecule has 0 aliphatic carbocycles. The first kappa shape index (κ1) is 18.1. The Morgan fingerprint density at radius 3 is 1.64 bits per heavy atom. The summed E-state index contributed by atoms with van der Waals surface area (Å²) in [5, 5.41) is 12.9. The third-order valence-corrected chi connectivity index (χ3v) is 5.41. The van der Waals surface area contributed by atoms with Gasteiger partial charge in [-0.25, -0.2) is 9.97 Å². The highest BCUT2D eigenvalue weighted by molar-refractivity contribution is 7.15. The maximum absolute atomic E-state index is 8.81. The van der Waals surface area contributed by atoms with Gasteiger partial charge in [0.1, 0.15) is 0 Å². The molecule has 0 radical (unpaired) electrons. The molecule has 0 aliphatic rings. The molecule has 0 N–H and O–H groups in total. The first-order valence-electron chi connectivity index (χ1n) is 8.32. The summed E-state index contributed by atoms with van der Waals surface area (Å²) in [5.41, 5.74) is 4.52. The van der Waals surface area contributed by atoms with E-state index in [1.54, 1.807) is 22.7 Å². The molecule has 9 heteroatoms. The first-order chi connectivity index (χ1) is 13.6. The lowest BCUT2D eigenvalue weighted by Crippen LogP contribution is -1.79. The Morgan fingerprint density at radius 2 is 1.21 bits per heavy atom. The quantitative estimate of drug-likeness (QED) is 0.261. The van der Waals surface area contributed by atoms with Gasteiger partial charge in [0, 0.05) is 28.1 Å². The molecular formula is C19H15N5O2S2. The highest BCUT2D eigenvalue weighted by Gasteiger charge is 2.03. The third kappa shape index (κ3) is 3.57. The van der Waals surface area contributed by atoms with Crippen LogP contribution in [0.25, 0.3) is 32.0 Å². The molecule has 4 heterocycles. The van der Waals surface area contributed by atoms with Crippen LogP contribution in [-0.2, 0) is 0 Å². The highest BCUT2D eigenvalue weighted by Crippen LogP contribution is 2.20. The largest absolute Gasteiger partial charge is 0.290 e. The van der Waals surface area contributed by atoms with Crippen molar-refractivity contribution in [2.24, 2.45) is 0 Å². The van der Waals surface area contributed by atoms with E-state index in [1.807, 2.05) is 36.4 Å².